The van der Waals surface area contributed by atoms with Crippen LogP contribution in [-0.4, -0.2) is 0 Å². The minimum absolute atomic E-state index is 0.124. The fourth-order valence-corrected chi connectivity index (χ4v) is 13.4. The molecule has 1 heteroatoms. The number of rotatable bonds is 5. The summed E-state index contributed by atoms with van der Waals surface area (Å²) in [7, 11) is 0. The zero-order valence-corrected chi connectivity index (χ0v) is 39.0. The molecule has 0 N–H and O–H groups in total. The van der Waals surface area contributed by atoms with E-state index in [0.29, 0.717) is 0 Å². The predicted molar refractivity (Wildman–Crippen MR) is 290 cm³/mol. The van der Waals surface area contributed by atoms with Gasteiger partial charge in [-0.2, -0.15) is 0 Å². The van der Waals surface area contributed by atoms with E-state index in [-0.39, 0.29) is 11.3 Å². The summed E-state index contributed by atoms with van der Waals surface area (Å²) in [6.45, 7) is 4.73. The van der Waals surface area contributed by atoms with Crippen molar-refractivity contribution >= 4 is 32.7 Å². The van der Waals surface area contributed by atoms with Crippen LogP contribution in [0.4, 0.5) is 0 Å². The standard InChI is InChI=1S/C69H46O/c1-68(2)57-26-12-8-21-49(57)53-37-36-47(40-61(53)68)65-48-20-7-6-19-45(48)39-56-66-55(25-16-30-63(66)70-67(56)65)64(44-33-31-43(32-34-44)42-17-4-3-5-18-42)46-35-38-54-52-24-11-15-29-60(52)69(62(54)41-46)58-27-13-9-22-50(58)51-23-10-14-28-59(51)69/h3-41,64H,1-2H3. The second kappa shape index (κ2) is 14.5. The Morgan fingerprint density at radius 2 is 0.886 bits per heavy atom. The van der Waals surface area contributed by atoms with E-state index in [1.807, 2.05) is 0 Å². The molecular weight excluding hydrogens is 845 g/mol. The van der Waals surface area contributed by atoms with Crippen LogP contribution in [0.3, 0.4) is 0 Å². The van der Waals surface area contributed by atoms with Crippen molar-refractivity contribution in [3.63, 3.8) is 0 Å². The Morgan fingerprint density at radius 1 is 0.357 bits per heavy atom. The summed E-state index contributed by atoms with van der Waals surface area (Å²) in [5.41, 5.74) is 25.7. The predicted octanol–water partition coefficient (Wildman–Crippen LogP) is 17.9. The summed E-state index contributed by atoms with van der Waals surface area (Å²) in [6, 6.07) is 88.7. The summed E-state index contributed by atoms with van der Waals surface area (Å²) in [6.07, 6.45) is 0. The first-order chi connectivity index (χ1) is 34.5. The van der Waals surface area contributed by atoms with Crippen molar-refractivity contribution in [1.82, 2.24) is 0 Å². The summed E-state index contributed by atoms with van der Waals surface area (Å²) in [5, 5.41) is 4.69. The molecule has 0 fully saturated rings. The van der Waals surface area contributed by atoms with Crippen LogP contribution in [-0.2, 0) is 10.8 Å². The molecule has 1 atom stereocenters. The minimum Gasteiger partial charge on any atom is -0.455 e. The molecule has 1 spiro atoms. The molecule has 11 aromatic carbocycles. The lowest BCUT2D eigenvalue weighted by Crippen LogP contribution is -2.26. The molecule has 0 saturated heterocycles. The topological polar surface area (TPSA) is 13.1 Å². The molecule has 0 amide bonds. The van der Waals surface area contributed by atoms with Gasteiger partial charge in [0, 0.05) is 27.7 Å². The number of benzene rings is 11. The van der Waals surface area contributed by atoms with Gasteiger partial charge in [-0.25, -0.2) is 0 Å². The highest BCUT2D eigenvalue weighted by atomic mass is 16.3. The van der Waals surface area contributed by atoms with E-state index < -0.39 is 5.41 Å². The lowest BCUT2D eigenvalue weighted by atomic mass is 9.69. The summed E-state index contributed by atoms with van der Waals surface area (Å²) in [4.78, 5) is 0. The van der Waals surface area contributed by atoms with Gasteiger partial charge >= 0.3 is 0 Å². The second-order valence-electron chi connectivity index (χ2n) is 20.2. The van der Waals surface area contributed by atoms with Crippen LogP contribution in [0.1, 0.15) is 69.8 Å². The quantitative estimate of drug-likeness (QED) is 0.157. The van der Waals surface area contributed by atoms with Crippen LogP contribution in [0.15, 0.2) is 241 Å². The highest BCUT2D eigenvalue weighted by Crippen LogP contribution is 2.63. The van der Waals surface area contributed by atoms with Crippen molar-refractivity contribution in [1.29, 1.82) is 0 Å². The van der Waals surface area contributed by atoms with Gasteiger partial charge in [-0.1, -0.05) is 232 Å². The zero-order chi connectivity index (χ0) is 46.3. The van der Waals surface area contributed by atoms with E-state index in [9.17, 15) is 0 Å². The summed E-state index contributed by atoms with van der Waals surface area (Å²) in [5.74, 6) is -0.124. The van der Waals surface area contributed by atoms with Crippen molar-refractivity contribution in [2.45, 2.75) is 30.6 Å². The fourth-order valence-electron chi connectivity index (χ4n) is 13.4. The number of furan rings is 1. The Labute approximate surface area is 408 Å². The van der Waals surface area contributed by atoms with Crippen molar-refractivity contribution in [2.75, 3.05) is 0 Å². The molecule has 328 valence electrons. The minimum atomic E-state index is -0.454. The van der Waals surface area contributed by atoms with Crippen molar-refractivity contribution in [3.8, 4) is 55.6 Å². The Balaban J connectivity index is 0.991. The first-order valence-corrected chi connectivity index (χ1v) is 24.7. The van der Waals surface area contributed by atoms with Gasteiger partial charge in [-0.15, -0.1) is 0 Å². The first-order valence-electron chi connectivity index (χ1n) is 24.7. The molecule has 3 aliphatic rings. The maximum Gasteiger partial charge on any atom is 0.143 e. The maximum absolute atomic E-state index is 7.29. The van der Waals surface area contributed by atoms with E-state index in [2.05, 4.69) is 250 Å². The highest BCUT2D eigenvalue weighted by molar-refractivity contribution is 6.19. The molecule has 0 radical (unpaired) electrons. The van der Waals surface area contributed by atoms with Gasteiger partial charge in [0.25, 0.3) is 0 Å². The van der Waals surface area contributed by atoms with Crippen LogP contribution in [0.5, 0.6) is 0 Å². The van der Waals surface area contributed by atoms with Gasteiger partial charge in [-0.05, 0) is 129 Å². The number of hydrogen-bond donors (Lipinski definition) is 0. The molecule has 12 aromatic rings. The summed E-state index contributed by atoms with van der Waals surface area (Å²) >= 11 is 0. The molecular formula is C69H46O. The lowest BCUT2D eigenvalue weighted by Gasteiger charge is -2.31. The average Bonchev–Trinajstić information content (AvgIpc) is 4.10. The molecule has 70 heavy (non-hydrogen) atoms. The average molecular weight is 891 g/mol. The second-order valence-corrected chi connectivity index (χ2v) is 20.2. The Hall–Kier alpha value is -8.52. The molecule has 0 bridgehead atoms. The van der Waals surface area contributed by atoms with Crippen molar-refractivity contribution < 1.29 is 4.42 Å². The van der Waals surface area contributed by atoms with E-state index in [1.54, 1.807) is 0 Å². The molecule has 0 saturated carbocycles. The van der Waals surface area contributed by atoms with E-state index >= 15 is 0 Å². The molecule has 0 aliphatic heterocycles. The van der Waals surface area contributed by atoms with E-state index in [4.69, 9.17) is 4.42 Å². The van der Waals surface area contributed by atoms with Gasteiger partial charge in [0.05, 0.1) is 5.41 Å². The van der Waals surface area contributed by atoms with Crippen LogP contribution < -0.4 is 0 Å². The monoisotopic (exact) mass is 890 g/mol. The first kappa shape index (κ1) is 39.5. The fraction of sp³-hybridized carbons (Fsp3) is 0.0725. The van der Waals surface area contributed by atoms with Crippen molar-refractivity contribution in [2.24, 2.45) is 0 Å². The number of fused-ring (bicyclic) bond motifs is 17. The van der Waals surface area contributed by atoms with Crippen LogP contribution in [0, 0.1) is 0 Å². The third kappa shape index (κ3) is 5.27. The Kier molecular flexibility index (Phi) is 8.18. The highest BCUT2D eigenvalue weighted by Gasteiger charge is 2.51. The molecule has 3 aliphatic carbocycles. The van der Waals surface area contributed by atoms with E-state index in [0.717, 1.165) is 27.5 Å². The van der Waals surface area contributed by atoms with Gasteiger partial charge in [0.2, 0.25) is 0 Å². The molecule has 15 rings (SSSR count). The van der Waals surface area contributed by atoms with Gasteiger partial charge < -0.3 is 4.42 Å². The molecule has 1 aromatic heterocycles. The third-order valence-electron chi connectivity index (χ3n) is 16.4. The third-order valence-corrected chi connectivity index (χ3v) is 16.4. The largest absolute Gasteiger partial charge is 0.455 e. The van der Waals surface area contributed by atoms with Crippen LogP contribution >= 0.6 is 0 Å². The Morgan fingerprint density at radius 3 is 1.59 bits per heavy atom. The molecule has 1 heterocycles. The van der Waals surface area contributed by atoms with Gasteiger partial charge in [0.15, 0.2) is 0 Å². The van der Waals surface area contributed by atoms with Gasteiger partial charge in [0.1, 0.15) is 11.2 Å². The molecule has 1 nitrogen and oxygen atoms in total. The maximum atomic E-state index is 7.29. The van der Waals surface area contributed by atoms with Crippen LogP contribution in [0.2, 0.25) is 0 Å². The van der Waals surface area contributed by atoms with Gasteiger partial charge in [-0.3, -0.25) is 0 Å². The lowest BCUT2D eigenvalue weighted by molar-refractivity contribution is 0.660. The SMILES string of the molecule is CC1(C)c2ccccc2-c2ccc(-c3c4ccccc4cc4c3oc3cccc(C(c5ccc(-c6ccccc6)cc5)c5ccc6c(c5)C5(c7ccccc7-c7ccccc75)c5ccccc5-6)c34)cc21. The zero-order valence-electron chi connectivity index (χ0n) is 39.0. The van der Waals surface area contributed by atoms with Crippen molar-refractivity contribution in [3.05, 3.63) is 287 Å². The summed E-state index contributed by atoms with van der Waals surface area (Å²) < 4.78 is 7.29. The Bertz CT molecular complexity index is 4080. The normalized spacial score (nSPS) is 14.6. The van der Waals surface area contributed by atoms with E-state index in [1.165, 1.54) is 111 Å². The van der Waals surface area contributed by atoms with Crippen LogP contribution in [0.25, 0.3) is 88.3 Å². The number of hydrogen-bond acceptors (Lipinski definition) is 1. The smallest absolute Gasteiger partial charge is 0.143 e. The molecule has 1 unspecified atom stereocenters.